The molecule has 6 nitrogen and oxygen atoms in total. The Labute approximate surface area is 137 Å². The molecule has 1 aliphatic heterocycles. The van der Waals surface area contributed by atoms with Crippen molar-refractivity contribution >= 4 is 21.6 Å². The number of phenolic OH excluding ortho intramolecular Hbond substituents is 1. The standard InChI is InChI=1S/C16H24N2O4S/c1-2-3-10-23(21,22)18-9-5-6-13(12-18)16(20)17-14-7-4-8-15(19)11-14/h4,7-8,11,13,19H,2-3,5-6,9-10,12H2,1H3,(H,17,20)/t13-/m1/s1. The third-order valence-electron chi connectivity index (χ3n) is 4.02. The summed E-state index contributed by atoms with van der Waals surface area (Å²) in [5.41, 5.74) is 0.515. The lowest BCUT2D eigenvalue weighted by Crippen LogP contribution is -2.44. The van der Waals surface area contributed by atoms with Crippen molar-refractivity contribution in [1.82, 2.24) is 4.31 Å². The number of hydrogen-bond acceptors (Lipinski definition) is 4. The lowest BCUT2D eigenvalue weighted by atomic mass is 9.98. The summed E-state index contributed by atoms with van der Waals surface area (Å²) in [5, 5.41) is 12.2. The largest absolute Gasteiger partial charge is 0.508 e. The predicted octanol–water partition coefficient (Wildman–Crippen LogP) is 2.17. The second-order valence-electron chi connectivity index (χ2n) is 5.91. The summed E-state index contributed by atoms with van der Waals surface area (Å²) < 4.78 is 26.0. The molecule has 1 fully saturated rings. The summed E-state index contributed by atoms with van der Waals surface area (Å²) in [5.74, 6) is -0.339. The lowest BCUT2D eigenvalue weighted by Gasteiger charge is -2.31. The van der Waals surface area contributed by atoms with Gasteiger partial charge >= 0.3 is 0 Å². The highest BCUT2D eigenvalue weighted by atomic mass is 32.2. The molecule has 0 unspecified atom stereocenters. The number of amides is 1. The van der Waals surface area contributed by atoms with E-state index in [1.165, 1.54) is 16.4 Å². The number of rotatable bonds is 6. The molecule has 0 spiro atoms. The van der Waals surface area contributed by atoms with E-state index in [4.69, 9.17) is 0 Å². The lowest BCUT2D eigenvalue weighted by molar-refractivity contribution is -0.120. The minimum absolute atomic E-state index is 0.0789. The average molecular weight is 340 g/mol. The molecule has 1 heterocycles. The SMILES string of the molecule is CCCCS(=O)(=O)N1CCC[C@@H](C(=O)Nc2cccc(O)c2)C1. The average Bonchev–Trinajstić information content (AvgIpc) is 2.53. The number of unbranched alkanes of at least 4 members (excludes halogenated alkanes) is 1. The maximum Gasteiger partial charge on any atom is 0.228 e. The van der Waals surface area contributed by atoms with Crippen molar-refractivity contribution in [2.24, 2.45) is 5.92 Å². The van der Waals surface area contributed by atoms with Crippen molar-refractivity contribution in [1.29, 1.82) is 0 Å². The number of piperidine rings is 1. The Bertz CT molecular complexity index is 645. The van der Waals surface area contributed by atoms with Crippen LogP contribution in [0, 0.1) is 5.92 Å². The highest BCUT2D eigenvalue weighted by Crippen LogP contribution is 2.22. The molecule has 7 heteroatoms. The zero-order valence-electron chi connectivity index (χ0n) is 13.4. The summed E-state index contributed by atoms with van der Waals surface area (Å²) in [6.07, 6.45) is 2.82. The van der Waals surface area contributed by atoms with Crippen molar-refractivity contribution in [2.45, 2.75) is 32.6 Å². The van der Waals surface area contributed by atoms with Crippen LogP contribution in [0.25, 0.3) is 0 Å². The van der Waals surface area contributed by atoms with Gasteiger partial charge in [0.05, 0.1) is 11.7 Å². The van der Waals surface area contributed by atoms with E-state index in [1.54, 1.807) is 12.1 Å². The van der Waals surface area contributed by atoms with Crippen molar-refractivity contribution in [2.75, 3.05) is 24.2 Å². The minimum atomic E-state index is -3.28. The van der Waals surface area contributed by atoms with Gasteiger partial charge in [-0.3, -0.25) is 4.79 Å². The number of carbonyl (C=O) groups excluding carboxylic acids is 1. The van der Waals surface area contributed by atoms with Crippen LogP contribution in [-0.4, -0.2) is 42.6 Å². The number of benzene rings is 1. The van der Waals surface area contributed by atoms with Crippen molar-refractivity contribution in [3.05, 3.63) is 24.3 Å². The van der Waals surface area contributed by atoms with Crippen LogP contribution in [0.5, 0.6) is 5.75 Å². The van der Waals surface area contributed by atoms with Gasteiger partial charge in [0.1, 0.15) is 5.75 Å². The topological polar surface area (TPSA) is 86.7 Å². The molecule has 1 aromatic rings. The number of anilines is 1. The molecule has 128 valence electrons. The van der Waals surface area contributed by atoms with Gasteiger partial charge in [-0.15, -0.1) is 0 Å². The maximum absolute atomic E-state index is 12.4. The summed E-state index contributed by atoms with van der Waals surface area (Å²) in [6.45, 7) is 2.68. The number of hydrogen-bond donors (Lipinski definition) is 2. The fourth-order valence-electron chi connectivity index (χ4n) is 2.69. The molecule has 1 amide bonds. The molecule has 1 aromatic carbocycles. The van der Waals surface area contributed by atoms with E-state index in [-0.39, 0.29) is 29.9 Å². The molecule has 0 aliphatic carbocycles. The third kappa shape index (κ3) is 4.94. The fraction of sp³-hybridized carbons (Fsp3) is 0.562. The van der Waals surface area contributed by atoms with Crippen LogP contribution in [0.4, 0.5) is 5.69 Å². The summed E-state index contributed by atoms with van der Waals surface area (Å²) >= 11 is 0. The molecule has 1 saturated heterocycles. The zero-order chi connectivity index (χ0) is 16.9. The van der Waals surface area contributed by atoms with Crippen LogP contribution >= 0.6 is 0 Å². The first kappa shape index (κ1) is 17.7. The Morgan fingerprint density at radius 1 is 1.43 bits per heavy atom. The second-order valence-corrected chi connectivity index (χ2v) is 7.99. The van der Waals surface area contributed by atoms with Crippen molar-refractivity contribution in [3.63, 3.8) is 0 Å². The van der Waals surface area contributed by atoms with Crippen LogP contribution in [0.1, 0.15) is 32.6 Å². The highest BCUT2D eigenvalue weighted by Gasteiger charge is 2.31. The van der Waals surface area contributed by atoms with Gasteiger partial charge in [-0.25, -0.2) is 12.7 Å². The highest BCUT2D eigenvalue weighted by molar-refractivity contribution is 7.89. The van der Waals surface area contributed by atoms with Crippen molar-refractivity contribution < 1.29 is 18.3 Å². The first-order valence-corrected chi connectivity index (χ1v) is 9.61. The number of aromatic hydroxyl groups is 1. The first-order valence-electron chi connectivity index (χ1n) is 8.00. The molecule has 0 radical (unpaired) electrons. The predicted molar refractivity (Wildman–Crippen MR) is 89.7 cm³/mol. The van der Waals surface area contributed by atoms with Gasteiger partial charge in [-0.2, -0.15) is 0 Å². The molecule has 1 atom stereocenters. The van der Waals surface area contributed by atoms with Gasteiger partial charge in [-0.1, -0.05) is 19.4 Å². The van der Waals surface area contributed by atoms with E-state index in [2.05, 4.69) is 5.32 Å². The van der Waals surface area contributed by atoms with Gasteiger partial charge in [0.25, 0.3) is 0 Å². The molecule has 23 heavy (non-hydrogen) atoms. The number of sulfonamides is 1. The second kappa shape index (κ2) is 7.79. The Morgan fingerprint density at radius 3 is 2.91 bits per heavy atom. The maximum atomic E-state index is 12.4. The van der Waals surface area contributed by atoms with E-state index in [0.29, 0.717) is 31.5 Å². The van der Waals surface area contributed by atoms with Gasteiger partial charge in [0, 0.05) is 24.8 Å². The Morgan fingerprint density at radius 2 is 2.22 bits per heavy atom. The van der Waals surface area contributed by atoms with Gasteiger partial charge in [0.15, 0.2) is 0 Å². The molecule has 1 aliphatic rings. The number of carbonyl (C=O) groups is 1. The zero-order valence-corrected chi connectivity index (χ0v) is 14.2. The summed E-state index contributed by atoms with van der Waals surface area (Å²) in [7, 11) is -3.28. The Balaban J connectivity index is 1.99. The molecule has 2 N–H and O–H groups in total. The number of nitrogens with one attached hydrogen (secondary N) is 1. The molecular weight excluding hydrogens is 316 g/mol. The van der Waals surface area contributed by atoms with Crippen LogP contribution in [0.3, 0.4) is 0 Å². The van der Waals surface area contributed by atoms with E-state index < -0.39 is 10.0 Å². The Kier molecular flexibility index (Phi) is 6.01. The molecular formula is C16H24N2O4S. The van der Waals surface area contributed by atoms with Crippen LogP contribution in [0.15, 0.2) is 24.3 Å². The molecule has 0 bridgehead atoms. The fourth-order valence-corrected chi connectivity index (χ4v) is 4.42. The van der Waals surface area contributed by atoms with E-state index in [1.807, 2.05) is 6.92 Å². The number of phenols is 1. The van der Waals surface area contributed by atoms with Crippen molar-refractivity contribution in [3.8, 4) is 5.75 Å². The quantitative estimate of drug-likeness (QED) is 0.831. The number of nitrogens with zero attached hydrogens (tertiary/aromatic N) is 1. The normalized spacial score (nSPS) is 19.4. The monoisotopic (exact) mass is 340 g/mol. The Hall–Kier alpha value is -1.60. The van der Waals surface area contributed by atoms with Gasteiger partial charge in [-0.05, 0) is 31.4 Å². The minimum Gasteiger partial charge on any atom is -0.508 e. The molecule has 2 rings (SSSR count). The smallest absolute Gasteiger partial charge is 0.228 e. The van der Waals surface area contributed by atoms with Crippen LogP contribution in [0.2, 0.25) is 0 Å². The summed E-state index contributed by atoms with van der Waals surface area (Å²) in [4.78, 5) is 12.4. The van der Waals surface area contributed by atoms with E-state index in [9.17, 15) is 18.3 Å². The first-order chi connectivity index (χ1) is 10.9. The third-order valence-corrected chi connectivity index (χ3v) is 5.94. The molecule has 0 saturated carbocycles. The molecule has 0 aromatic heterocycles. The van der Waals surface area contributed by atoms with Gasteiger partial charge < -0.3 is 10.4 Å². The summed E-state index contributed by atoms with van der Waals surface area (Å²) in [6, 6.07) is 6.33. The van der Waals surface area contributed by atoms with Gasteiger partial charge in [0.2, 0.25) is 15.9 Å². The van der Waals surface area contributed by atoms with Crippen LogP contribution < -0.4 is 5.32 Å². The van der Waals surface area contributed by atoms with Crippen LogP contribution in [-0.2, 0) is 14.8 Å². The van der Waals surface area contributed by atoms with E-state index in [0.717, 1.165) is 6.42 Å². The van der Waals surface area contributed by atoms with E-state index >= 15 is 0 Å².